The molecule has 0 spiro atoms. The highest BCUT2D eigenvalue weighted by atomic mass is 19.1. The summed E-state index contributed by atoms with van der Waals surface area (Å²) >= 11 is 0. The number of nitrogens with one attached hydrogen (secondary N) is 2. The number of aromatic nitrogens is 7. The van der Waals surface area contributed by atoms with Crippen LogP contribution in [0.2, 0.25) is 0 Å². The van der Waals surface area contributed by atoms with Crippen LogP contribution < -0.4 is 0 Å². The first-order chi connectivity index (χ1) is 15.7. The minimum Gasteiger partial charge on any atom is -0.508 e. The van der Waals surface area contributed by atoms with Crippen molar-refractivity contribution in [3.63, 3.8) is 0 Å². The number of halogens is 1. The number of hydrogen-bond acceptors (Lipinski definition) is 6. The molecule has 6 rings (SSSR count). The zero-order valence-corrected chi connectivity index (χ0v) is 16.4. The van der Waals surface area contributed by atoms with Crippen LogP contribution in [0.5, 0.6) is 5.75 Å². The molecule has 0 aliphatic rings. The van der Waals surface area contributed by atoms with Crippen molar-refractivity contribution >= 4 is 21.9 Å². The molecule has 0 amide bonds. The number of nitrogens with zero attached hydrogens (tertiary/aromatic N) is 5. The van der Waals surface area contributed by atoms with E-state index in [-0.39, 0.29) is 5.75 Å². The molecular weight excluding hydrogens is 409 g/mol. The summed E-state index contributed by atoms with van der Waals surface area (Å²) in [5, 5.41) is 18.1. The number of H-pyrrole nitrogens is 2. The molecule has 0 radical (unpaired) electrons. The van der Waals surface area contributed by atoms with Crippen molar-refractivity contribution in [3.05, 3.63) is 73.1 Å². The predicted molar refractivity (Wildman–Crippen MR) is 117 cm³/mol. The average Bonchev–Trinajstić information content (AvgIpc) is 3.42. The lowest BCUT2D eigenvalue weighted by molar-refractivity contribution is 0.469. The summed E-state index contributed by atoms with van der Waals surface area (Å²) in [5.74, 6) is -0.194. The maximum absolute atomic E-state index is 13.9. The SMILES string of the molecule is Oc1cc(F)cc(-c2nccc3[nH]c(-c4n[nH]c5cnc(-c6ccncc6)cc45)nc23)c1. The van der Waals surface area contributed by atoms with Gasteiger partial charge in [0.2, 0.25) is 0 Å². The van der Waals surface area contributed by atoms with Gasteiger partial charge in [-0.2, -0.15) is 5.10 Å². The average molecular weight is 423 g/mol. The summed E-state index contributed by atoms with van der Waals surface area (Å²) in [6.45, 7) is 0. The van der Waals surface area contributed by atoms with Crippen LogP contribution in [0.4, 0.5) is 4.39 Å². The Morgan fingerprint density at radius 3 is 2.56 bits per heavy atom. The molecule has 32 heavy (non-hydrogen) atoms. The molecule has 3 N–H and O–H groups in total. The first-order valence-electron chi connectivity index (χ1n) is 9.75. The largest absolute Gasteiger partial charge is 0.508 e. The van der Waals surface area contributed by atoms with Crippen LogP contribution in [0, 0.1) is 5.82 Å². The van der Waals surface area contributed by atoms with Crippen LogP contribution in [0.3, 0.4) is 0 Å². The van der Waals surface area contributed by atoms with Gasteiger partial charge in [0.05, 0.1) is 28.6 Å². The van der Waals surface area contributed by atoms with Gasteiger partial charge in [-0.25, -0.2) is 9.37 Å². The number of aromatic amines is 2. The van der Waals surface area contributed by atoms with Crippen LogP contribution in [-0.2, 0) is 0 Å². The number of phenolic OH excluding ortho intramolecular Hbond substituents is 1. The van der Waals surface area contributed by atoms with Crippen molar-refractivity contribution in [2.24, 2.45) is 0 Å². The fraction of sp³-hybridized carbons (Fsp3) is 0. The molecular formula is C23H14FN7O. The molecule has 0 fully saturated rings. The number of benzene rings is 1. The highest BCUT2D eigenvalue weighted by molar-refractivity contribution is 5.96. The molecule has 5 heterocycles. The Bertz CT molecular complexity index is 1590. The fourth-order valence-electron chi connectivity index (χ4n) is 3.75. The zero-order chi connectivity index (χ0) is 21.7. The molecule has 0 saturated carbocycles. The topological polar surface area (TPSA) is 116 Å². The summed E-state index contributed by atoms with van der Waals surface area (Å²) in [5.41, 5.74) is 5.28. The normalized spacial score (nSPS) is 11.4. The number of phenols is 1. The van der Waals surface area contributed by atoms with Crippen molar-refractivity contribution in [2.75, 3.05) is 0 Å². The van der Waals surface area contributed by atoms with E-state index < -0.39 is 5.82 Å². The predicted octanol–water partition coefficient (Wildman–Crippen LogP) is 4.47. The summed E-state index contributed by atoms with van der Waals surface area (Å²) in [6.07, 6.45) is 6.77. The molecule has 0 aliphatic carbocycles. The van der Waals surface area contributed by atoms with E-state index in [0.29, 0.717) is 33.8 Å². The smallest absolute Gasteiger partial charge is 0.159 e. The van der Waals surface area contributed by atoms with Gasteiger partial charge in [-0.1, -0.05) is 0 Å². The molecule has 6 aromatic rings. The first kappa shape index (κ1) is 18.1. The summed E-state index contributed by atoms with van der Waals surface area (Å²) in [7, 11) is 0. The van der Waals surface area contributed by atoms with Gasteiger partial charge < -0.3 is 10.1 Å². The second-order valence-electron chi connectivity index (χ2n) is 7.26. The quantitative estimate of drug-likeness (QED) is 0.387. The fourth-order valence-corrected chi connectivity index (χ4v) is 3.75. The Hall–Kier alpha value is -4.66. The minimum atomic E-state index is -0.552. The molecule has 0 atom stereocenters. The van der Waals surface area contributed by atoms with E-state index in [9.17, 15) is 9.50 Å². The van der Waals surface area contributed by atoms with Crippen molar-refractivity contribution in [1.29, 1.82) is 0 Å². The van der Waals surface area contributed by atoms with Crippen molar-refractivity contribution in [1.82, 2.24) is 35.1 Å². The molecule has 8 nitrogen and oxygen atoms in total. The van der Waals surface area contributed by atoms with Gasteiger partial charge in [-0.15, -0.1) is 0 Å². The Balaban J connectivity index is 1.52. The molecule has 0 unspecified atom stereocenters. The lowest BCUT2D eigenvalue weighted by atomic mass is 10.1. The number of rotatable bonds is 3. The number of pyridine rings is 3. The highest BCUT2D eigenvalue weighted by Gasteiger charge is 2.17. The first-order valence-corrected chi connectivity index (χ1v) is 9.75. The second kappa shape index (κ2) is 6.95. The molecule has 154 valence electrons. The molecule has 0 bridgehead atoms. The van der Waals surface area contributed by atoms with Crippen LogP contribution in [-0.4, -0.2) is 40.2 Å². The van der Waals surface area contributed by atoms with E-state index in [4.69, 9.17) is 4.98 Å². The van der Waals surface area contributed by atoms with Gasteiger partial charge in [-0.3, -0.25) is 20.1 Å². The van der Waals surface area contributed by atoms with E-state index in [0.717, 1.165) is 28.2 Å². The van der Waals surface area contributed by atoms with Crippen molar-refractivity contribution in [2.45, 2.75) is 0 Å². The third kappa shape index (κ3) is 2.95. The van der Waals surface area contributed by atoms with Gasteiger partial charge in [0, 0.05) is 41.2 Å². The monoisotopic (exact) mass is 423 g/mol. The number of hydrogen-bond donors (Lipinski definition) is 3. The molecule has 0 saturated heterocycles. The Morgan fingerprint density at radius 2 is 1.72 bits per heavy atom. The van der Waals surface area contributed by atoms with Crippen LogP contribution in [0.15, 0.2) is 67.3 Å². The van der Waals surface area contributed by atoms with Crippen LogP contribution in [0.25, 0.3) is 56.0 Å². The van der Waals surface area contributed by atoms with Crippen LogP contribution >= 0.6 is 0 Å². The van der Waals surface area contributed by atoms with Gasteiger partial charge in [0.1, 0.15) is 22.8 Å². The van der Waals surface area contributed by atoms with Gasteiger partial charge >= 0.3 is 0 Å². The third-order valence-corrected chi connectivity index (χ3v) is 5.20. The van der Waals surface area contributed by atoms with Gasteiger partial charge in [0.15, 0.2) is 5.82 Å². The highest BCUT2D eigenvalue weighted by Crippen LogP contribution is 2.32. The lowest BCUT2D eigenvalue weighted by Gasteiger charge is -2.03. The summed E-state index contributed by atoms with van der Waals surface area (Å²) in [4.78, 5) is 20.9. The molecule has 5 aromatic heterocycles. The van der Waals surface area contributed by atoms with Crippen molar-refractivity contribution < 1.29 is 9.50 Å². The molecule has 1 aromatic carbocycles. The van der Waals surface area contributed by atoms with Gasteiger partial charge in [-0.05, 0) is 36.4 Å². The van der Waals surface area contributed by atoms with Crippen LogP contribution in [0.1, 0.15) is 0 Å². The minimum absolute atomic E-state index is 0.177. The summed E-state index contributed by atoms with van der Waals surface area (Å²) < 4.78 is 13.9. The Morgan fingerprint density at radius 1 is 0.844 bits per heavy atom. The maximum atomic E-state index is 13.9. The number of fused-ring (bicyclic) bond motifs is 2. The lowest BCUT2D eigenvalue weighted by Crippen LogP contribution is -1.87. The number of aromatic hydroxyl groups is 1. The molecule has 9 heteroatoms. The third-order valence-electron chi connectivity index (χ3n) is 5.20. The standard InChI is InChI=1S/C23H14FN7O/c24-14-7-13(8-15(32)9-14)20-22-17(3-6-26-20)28-23(29-22)21-16-10-18(12-1-4-25-5-2-12)27-11-19(16)30-31-21/h1-11,32H,(H,28,29)(H,30,31). The Labute approximate surface area is 179 Å². The Kier molecular flexibility index (Phi) is 3.94. The van der Waals surface area contributed by atoms with Crippen molar-refractivity contribution in [3.8, 4) is 39.8 Å². The van der Waals surface area contributed by atoms with E-state index >= 15 is 0 Å². The second-order valence-corrected chi connectivity index (χ2v) is 7.26. The van der Waals surface area contributed by atoms with E-state index in [1.165, 1.54) is 12.1 Å². The zero-order valence-electron chi connectivity index (χ0n) is 16.4. The number of imidazole rings is 1. The van der Waals surface area contributed by atoms with Gasteiger partial charge in [0.25, 0.3) is 0 Å². The summed E-state index contributed by atoms with van der Waals surface area (Å²) in [6, 6.07) is 11.3. The molecule has 0 aliphatic heterocycles. The maximum Gasteiger partial charge on any atom is 0.159 e. The van der Waals surface area contributed by atoms with E-state index in [2.05, 4.69) is 30.1 Å². The van der Waals surface area contributed by atoms with E-state index in [1.54, 1.807) is 30.9 Å². The van der Waals surface area contributed by atoms with E-state index in [1.807, 2.05) is 18.2 Å².